The smallest absolute Gasteiger partial charge is 0.262 e. The first kappa shape index (κ1) is 35.5. The van der Waals surface area contributed by atoms with E-state index in [1.54, 1.807) is 60.7 Å². The number of hydrogen-bond acceptors (Lipinski definition) is 11. The number of amides is 5. The summed E-state index contributed by atoms with van der Waals surface area (Å²) >= 11 is 0. The summed E-state index contributed by atoms with van der Waals surface area (Å²) in [5, 5.41) is 26.6. The van der Waals surface area contributed by atoms with E-state index in [2.05, 4.69) is 26.1 Å². The number of carbonyl (C=O) groups excluding carboxylic acids is 5. The van der Waals surface area contributed by atoms with E-state index in [4.69, 9.17) is 10.5 Å². The number of benzene rings is 3. The number of nitrogens with zero attached hydrogens (tertiary/aromatic N) is 3. The van der Waals surface area contributed by atoms with Gasteiger partial charge in [-0.2, -0.15) is 0 Å². The van der Waals surface area contributed by atoms with E-state index in [1.807, 2.05) is 12.1 Å². The molecule has 3 heterocycles. The molecule has 5 amide bonds. The highest BCUT2D eigenvalue weighted by Crippen LogP contribution is 2.31. The number of hydrogen-bond donors (Lipinski definition) is 5. The van der Waals surface area contributed by atoms with Crippen LogP contribution in [0.5, 0.6) is 11.5 Å². The van der Waals surface area contributed by atoms with Crippen LogP contribution in [0.1, 0.15) is 75.2 Å². The van der Waals surface area contributed by atoms with Gasteiger partial charge in [0.05, 0.1) is 17.7 Å². The van der Waals surface area contributed by atoms with Gasteiger partial charge in [0.2, 0.25) is 11.8 Å². The lowest BCUT2D eigenvalue weighted by molar-refractivity contribution is -0.136. The molecule has 52 heavy (non-hydrogen) atoms. The molecule has 1 saturated heterocycles. The van der Waals surface area contributed by atoms with Crippen molar-refractivity contribution in [1.82, 2.24) is 25.7 Å². The molecule has 0 spiro atoms. The van der Waals surface area contributed by atoms with Gasteiger partial charge in [-0.25, -0.2) is 0 Å². The molecule has 1 atom stereocenters. The van der Waals surface area contributed by atoms with Crippen molar-refractivity contribution in [3.63, 3.8) is 0 Å². The van der Waals surface area contributed by atoms with Gasteiger partial charge < -0.3 is 26.2 Å². The molecule has 2 aliphatic heterocycles. The molecule has 0 saturated carbocycles. The van der Waals surface area contributed by atoms with Crippen molar-refractivity contribution in [2.24, 2.45) is 0 Å². The molecule has 2 aliphatic rings. The summed E-state index contributed by atoms with van der Waals surface area (Å²) < 4.78 is 5.86. The van der Waals surface area contributed by atoms with Gasteiger partial charge in [-0.15, -0.1) is 10.2 Å². The monoisotopic (exact) mass is 705 g/mol. The maximum Gasteiger partial charge on any atom is 0.262 e. The van der Waals surface area contributed by atoms with Gasteiger partial charge >= 0.3 is 0 Å². The Hall–Kier alpha value is -6.31. The van der Waals surface area contributed by atoms with E-state index in [-0.39, 0.29) is 41.4 Å². The number of nitrogens with one attached hydrogen (secondary N) is 3. The Morgan fingerprint density at radius 2 is 1.63 bits per heavy atom. The second kappa shape index (κ2) is 16.1. The van der Waals surface area contributed by atoms with Gasteiger partial charge in [-0.1, -0.05) is 37.1 Å². The van der Waals surface area contributed by atoms with Gasteiger partial charge in [-0.3, -0.25) is 34.2 Å². The van der Waals surface area contributed by atoms with Crippen molar-refractivity contribution in [1.29, 1.82) is 0 Å². The minimum atomic E-state index is -0.991. The fourth-order valence-electron chi connectivity index (χ4n) is 6.14. The Labute approximate surface area is 299 Å². The third-order valence-corrected chi connectivity index (χ3v) is 8.99. The third kappa shape index (κ3) is 8.18. The van der Waals surface area contributed by atoms with Crippen molar-refractivity contribution in [3.05, 3.63) is 95.1 Å². The first-order chi connectivity index (χ1) is 25.2. The number of phenolic OH excluding ortho intramolecular Hbond substituents is 1. The van der Waals surface area contributed by atoms with Crippen LogP contribution in [0.3, 0.4) is 0 Å². The van der Waals surface area contributed by atoms with Crippen molar-refractivity contribution >= 4 is 41.0 Å². The summed E-state index contributed by atoms with van der Waals surface area (Å²) in [4.78, 5) is 63.3. The summed E-state index contributed by atoms with van der Waals surface area (Å²) in [6, 6.07) is 19.8. The van der Waals surface area contributed by atoms with Crippen molar-refractivity contribution < 1.29 is 33.8 Å². The molecule has 4 aromatic rings. The average Bonchev–Trinajstić information content (AvgIpc) is 3.38. The van der Waals surface area contributed by atoms with Crippen LogP contribution >= 0.6 is 0 Å². The van der Waals surface area contributed by atoms with Gasteiger partial charge in [-0.05, 0) is 67.3 Å². The Kier molecular flexibility index (Phi) is 11.0. The van der Waals surface area contributed by atoms with Crippen molar-refractivity contribution in [2.75, 3.05) is 30.7 Å². The highest BCUT2D eigenvalue weighted by molar-refractivity contribution is 6.23. The number of nitrogen functional groups attached to an aromatic ring is 1. The first-order valence-corrected chi connectivity index (χ1v) is 17.2. The summed E-state index contributed by atoms with van der Waals surface area (Å²) in [6.45, 7) is 1.54. The van der Waals surface area contributed by atoms with Gasteiger partial charge in [0, 0.05) is 48.8 Å². The van der Waals surface area contributed by atoms with Crippen LogP contribution in [0.2, 0.25) is 0 Å². The molecule has 0 radical (unpaired) electrons. The molecule has 0 bridgehead atoms. The minimum absolute atomic E-state index is 0.0740. The van der Waals surface area contributed by atoms with E-state index in [0.29, 0.717) is 54.4 Å². The molecule has 6 N–H and O–H groups in total. The molecule has 1 unspecified atom stereocenters. The fraction of sp³-hybridized carbons (Fsp3) is 0.289. The number of nitrogens with two attached hydrogens (primary N) is 1. The zero-order valence-corrected chi connectivity index (χ0v) is 28.4. The van der Waals surface area contributed by atoms with E-state index < -0.39 is 29.7 Å². The Morgan fingerprint density at radius 1 is 0.885 bits per heavy atom. The lowest BCUT2D eigenvalue weighted by Gasteiger charge is -2.27. The SMILES string of the molecule is Nc1nnc(-c2ccccc2O)cc1OCCc1ccc(C(=O)NCCCCCCNc2ccc3c(c2)C(=O)N(C2CCC(=O)NC2=O)C3=O)cc1. The van der Waals surface area contributed by atoms with Gasteiger partial charge in [0.15, 0.2) is 11.6 Å². The maximum absolute atomic E-state index is 13.0. The molecule has 14 nitrogen and oxygen atoms in total. The molecular formula is C38H39N7O7. The molecule has 1 aromatic heterocycles. The van der Waals surface area contributed by atoms with Gasteiger partial charge in [0.25, 0.3) is 17.7 Å². The van der Waals surface area contributed by atoms with E-state index in [9.17, 15) is 29.1 Å². The average molecular weight is 706 g/mol. The quantitative estimate of drug-likeness (QED) is 0.0887. The summed E-state index contributed by atoms with van der Waals surface area (Å²) in [5.41, 5.74) is 9.66. The minimum Gasteiger partial charge on any atom is -0.507 e. The van der Waals surface area contributed by atoms with Crippen LogP contribution in [0, 0.1) is 0 Å². The number of unbranched alkanes of at least 4 members (excludes halogenated alkanes) is 3. The Balaban J connectivity index is 0.862. The molecule has 0 aliphatic carbocycles. The van der Waals surface area contributed by atoms with E-state index in [0.717, 1.165) is 36.1 Å². The number of ether oxygens (including phenoxy) is 1. The number of imide groups is 2. The lowest BCUT2D eigenvalue weighted by atomic mass is 10.0. The predicted octanol–water partition coefficient (Wildman–Crippen LogP) is 3.86. The van der Waals surface area contributed by atoms with Crippen molar-refractivity contribution in [3.8, 4) is 22.8 Å². The zero-order valence-electron chi connectivity index (χ0n) is 28.4. The molecule has 1 fully saturated rings. The van der Waals surface area contributed by atoms with E-state index >= 15 is 0 Å². The summed E-state index contributed by atoms with van der Waals surface area (Å²) in [7, 11) is 0. The number of aromatic hydroxyl groups is 1. The van der Waals surface area contributed by atoms with Crippen LogP contribution < -0.4 is 26.4 Å². The molecule has 3 aromatic carbocycles. The number of rotatable bonds is 15. The Morgan fingerprint density at radius 3 is 2.40 bits per heavy atom. The first-order valence-electron chi connectivity index (χ1n) is 17.2. The normalized spacial score (nSPS) is 15.3. The number of fused-ring (bicyclic) bond motifs is 1. The van der Waals surface area contributed by atoms with Gasteiger partial charge in [0.1, 0.15) is 17.5 Å². The standard InChI is InChI=1S/C38H39N7O7/c39-34-32(22-29(43-44-34)27-7-3-4-8-31(27)46)52-20-17-23-9-11-24(12-10-23)35(48)41-19-6-2-1-5-18-40-25-13-14-26-28(21-25)38(51)45(37(26)50)30-15-16-33(47)42-36(30)49/h3-4,7-14,21-22,30,40,46H,1-2,5-6,15-20H2,(H2,39,44)(H,41,48)(H,42,47,49). The van der Waals surface area contributed by atoms with Crippen molar-refractivity contribution in [2.45, 2.75) is 51.0 Å². The topological polar surface area (TPSA) is 206 Å². The molecule has 6 rings (SSSR count). The maximum atomic E-state index is 13.0. The second-order valence-electron chi connectivity index (χ2n) is 12.6. The number of anilines is 2. The zero-order chi connectivity index (χ0) is 36.6. The predicted molar refractivity (Wildman–Crippen MR) is 192 cm³/mol. The largest absolute Gasteiger partial charge is 0.507 e. The summed E-state index contributed by atoms with van der Waals surface area (Å²) in [5.74, 6) is -1.64. The number of carbonyl (C=O) groups is 5. The number of phenols is 1. The number of aromatic nitrogens is 2. The van der Waals surface area contributed by atoms with Crippen LogP contribution in [-0.2, 0) is 16.0 Å². The van der Waals surface area contributed by atoms with Crippen LogP contribution in [-0.4, -0.2) is 75.5 Å². The second-order valence-corrected chi connectivity index (χ2v) is 12.6. The van der Waals surface area contributed by atoms with Crippen LogP contribution in [0.25, 0.3) is 11.3 Å². The Bertz CT molecular complexity index is 2000. The highest BCUT2D eigenvalue weighted by Gasteiger charge is 2.44. The number of piperidine rings is 1. The summed E-state index contributed by atoms with van der Waals surface area (Å²) in [6.07, 6.45) is 4.32. The molecule has 268 valence electrons. The third-order valence-electron chi connectivity index (χ3n) is 8.99. The molecule has 14 heteroatoms. The number of para-hydroxylation sites is 1. The van der Waals surface area contributed by atoms with E-state index in [1.165, 1.54) is 0 Å². The van der Waals surface area contributed by atoms with Crippen LogP contribution in [0.4, 0.5) is 11.5 Å². The lowest BCUT2D eigenvalue weighted by Crippen LogP contribution is -2.54. The molecular weight excluding hydrogens is 666 g/mol. The van der Waals surface area contributed by atoms with Crippen LogP contribution in [0.15, 0.2) is 72.8 Å². The fourth-order valence-corrected chi connectivity index (χ4v) is 6.14. The highest BCUT2D eigenvalue weighted by atomic mass is 16.5.